The summed E-state index contributed by atoms with van der Waals surface area (Å²) in [6, 6.07) is 1.73. The highest BCUT2D eigenvalue weighted by atomic mass is 35.5. The van der Waals surface area contributed by atoms with Crippen LogP contribution in [0, 0.1) is 18.3 Å². The third-order valence-corrected chi connectivity index (χ3v) is 4.53. The van der Waals surface area contributed by atoms with Gasteiger partial charge in [0.2, 0.25) is 0 Å². The van der Waals surface area contributed by atoms with Crippen molar-refractivity contribution < 1.29 is 9.53 Å². The summed E-state index contributed by atoms with van der Waals surface area (Å²) in [6.07, 6.45) is 2.14. The van der Waals surface area contributed by atoms with Gasteiger partial charge in [-0.15, -0.1) is 0 Å². The van der Waals surface area contributed by atoms with Crippen LogP contribution >= 0.6 is 11.6 Å². The molecule has 0 aromatic carbocycles. The molecule has 1 fully saturated rings. The van der Waals surface area contributed by atoms with Gasteiger partial charge in [0.05, 0.1) is 6.61 Å². The third kappa shape index (κ3) is 4.60. The maximum Gasteiger partial charge on any atom is 0.342 e. The summed E-state index contributed by atoms with van der Waals surface area (Å²) >= 11 is 6.14. The number of carbonyl (C=O) groups excluding carboxylic acids is 1. The van der Waals surface area contributed by atoms with Crippen molar-refractivity contribution in [3.05, 3.63) is 22.3 Å². The Hall–Kier alpha value is -1.29. The Morgan fingerprint density at radius 1 is 1.39 bits per heavy atom. The minimum absolute atomic E-state index is 0.304. The Balaban J connectivity index is 2.29. The molecule has 2 heterocycles. The van der Waals surface area contributed by atoms with Crippen molar-refractivity contribution in [3.63, 3.8) is 0 Å². The van der Waals surface area contributed by atoms with Gasteiger partial charge in [0.1, 0.15) is 16.5 Å². The van der Waals surface area contributed by atoms with Gasteiger partial charge in [0, 0.05) is 13.1 Å². The predicted molar refractivity (Wildman–Crippen MR) is 94.3 cm³/mol. The zero-order valence-electron chi connectivity index (χ0n) is 14.8. The molecule has 0 amide bonds. The van der Waals surface area contributed by atoms with Crippen LogP contribution in [0.1, 0.15) is 56.5 Å². The quantitative estimate of drug-likeness (QED) is 0.599. The maximum absolute atomic E-state index is 12.5. The number of halogens is 1. The molecule has 128 valence electrons. The molecular formula is C18H27ClN2O2. The monoisotopic (exact) mass is 338 g/mol. The summed E-state index contributed by atoms with van der Waals surface area (Å²) in [5, 5.41) is 0.419. The lowest BCUT2D eigenvalue weighted by Gasteiger charge is -2.38. The molecule has 2 rings (SSSR count). The second-order valence-electron chi connectivity index (χ2n) is 7.60. The van der Waals surface area contributed by atoms with Crippen LogP contribution in [0.15, 0.2) is 6.07 Å². The second kappa shape index (κ2) is 7.08. The van der Waals surface area contributed by atoms with E-state index >= 15 is 0 Å². The van der Waals surface area contributed by atoms with Gasteiger partial charge in [-0.2, -0.15) is 0 Å². The van der Waals surface area contributed by atoms with Gasteiger partial charge in [-0.3, -0.25) is 0 Å². The van der Waals surface area contributed by atoms with Crippen molar-refractivity contribution in [2.24, 2.45) is 11.3 Å². The van der Waals surface area contributed by atoms with Gasteiger partial charge < -0.3 is 9.64 Å². The first kappa shape index (κ1) is 18.1. The number of esters is 1. The van der Waals surface area contributed by atoms with Crippen molar-refractivity contribution in [1.82, 2.24) is 4.98 Å². The lowest BCUT2D eigenvalue weighted by Crippen LogP contribution is -2.38. The highest BCUT2D eigenvalue weighted by Crippen LogP contribution is 2.34. The first-order valence-corrected chi connectivity index (χ1v) is 8.66. The number of rotatable bonds is 4. The molecule has 0 saturated carbocycles. The fourth-order valence-electron chi connectivity index (χ4n) is 2.74. The van der Waals surface area contributed by atoms with E-state index in [1.54, 1.807) is 6.07 Å². The lowest BCUT2D eigenvalue weighted by atomic mass is 9.82. The lowest BCUT2D eigenvalue weighted by molar-refractivity contribution is 0.0458. The van der Waals surface area contributed by atoms with E-state index in [2.05, 4.69) is 23.7 Å². The summed E-state index contributed by atoms with van der Waals surface area (Å²) in [6.45, 7) is 12.7. The van der Waals surface area contributed by atoms with E-state index in [1.165, 1.54) is 0 Å². The highest BCUT2D eigenvalue weighted by molar-refractivity contribution is 6.29. The third-order valence-electron chi connectivity index (χ3n) is 4.33. The van der Waals surface area contributed by atoms with E-state index in [9.17, 15) is 4.79 Å². The summed E-state index contributed by atoms with van der Waals surface area (Å²) in [5.74, 6) is 0.665. The van der Waals surface area contributed by atoms with Crippen molar-refractivity contribution in [2.45, 2.75) is 47.5 Å². The minimum Gasteiger partial charge on any atom is -0.462 e. The molecule has 4 nitrogen and oxygen atoms in total. The summed E-state index contributed by atoms with van der Waals surface area (Å²) in [5.41, 5.74) is 1.70. The number of aromatic nitrogens is 1. The molecule has 5 heteroatoms. The van der Waals surface area contributed by atoms with Crippen LogP contribution < -0.4 is 4.90 Å². The molecule has 1 aliphatic heterocycles. The van der Waals surface area contributed by atoms with Crippen molar-refractivity contribution in [3.8, 4) is 0 Å². The van der Waals surface area contributed by atoms with Crippen LogP contribution in [-0.4, -0.2) is 30.6 Å². The van der Waals surface area contributed by atoms with Crippen LogP contribution in [0.5, 0.6) is 0 Å². The van der Waals surface area contributed by atoms with Crippen molar-refractivity contribution >= 4 is 23.4 Å². The fourth-order valence-corrected chi connectivity index (χ4v) is 2.98. The summed E-state index contributed by atoms with van der Waals surface area (Å²) in [7, 11) is 0. The zero-order valence-corrected chi connectivity index (χ0v) is 15.5. The number of piperidine rings is 1. The molecular weight excluding hydrogens is 312 g/mol. The van der Waals surface area contributed by atoms with Crippen LogP contribution in [0.2, 0.25) is 5.15 Å². The van der Waals surface area contributed by atoms with Gasteiger partial charge in [-0.25, -0.2) is 9.78 Å². The predicted octanol–water partition coefficient (Wildman–Crippen LogP) is 4.48. The Morgan fingerprint density at radius 3 is 2.57 bits per heavy atom. The molecule has 1 aromatic rings. The molecule has 1 aromatic heterocycles. The van der Waals surface area contributed by atoms with E-state index < -0.39 is 0 Å². The number of nitrogens with zero attached hydrogens (tertiary/aromatic N) is 2. The normalized spacial score (nSPS) is 17.4. The Bertz CT molecular complexity index is 575. The number of hydrogen-bond donors (Lipinski definition) is 0. The number of hydrogen-bond acceptors (Lipinski definition) is 4. The molecule has 0 N–H and O–H groups in total. The highest BCUT2D eigenvalue weighted by Gasteiger charge is 2.29. The Kier molecular flexibility index (Phi) is 5.56. The zero-order chi connectivity index (χ0) is 17.2. The van der Waals surface area contributed by atoms with Crippen LogP contribution in [0.25, 0.3) is 0 Å². The van der Waals surface area contributed by atoms with Crippen LogP contribution in [-0.2, 0) is 4.74 Å². The smallest absolute Gasteiger partial charge is 0.342 e. The average molecular weight is 339 g/mol. The Morgan fingerprint density at radius 2 is 2.00 bits per heavy atom. The van der Waals surface area contributed by atoms with Gasteiger partial charge in [-0.05, 0) is 42.7 Å². The topological polar surface area (TPSA) is 42.4 Å². The number of carbonyl (C=O) groups is 1. The standard InChI is InChI=1S/C18H27ClN2O2/c1-12(2)11-23-17(22)15-13(3)10-14(19)20-16(15)21-8-6-18(4,5)7-9-21/h10,12H,6-9,11H2,1-5H3. The minimum atomic E-state index is -0.305. The molecule has 0 unspecified atom stereocenters. The van der Waals surface area contributed by atoms with Crippen molar-refractivity contribution in [1.29, 1.82) is 0 Å². The first-order chi connectivity index (χ1) is 10.7. The number of anilines is 1. The van der Waals surface area contributed by atoms with E-state index in [0.717, 1.165) is 31.5 Å². The van der Waals surface area contributed by atoms with Crippen LogP contribution in [0.4, 0.5) is 5.82 Å². The number of aryl methyl sites for hydroxylation is 1. The van der Waals surface area contributed by atoms with Crippen LogP contribution in [0.3, 0.4) is 0 Å². The van der Waals surface area contributed by atoms with E-state index in [4.69, 9.17) is 16.3 Å². The second-order valence-corrected chi connectivity index (χ2v) is 7.99. The first-order valence-electron chi connectivity index (χ1n) is 8.29. The van der Waals surface area contributed by atoms with Gasteiger partial charge in [0.25, 0.3) is 0 Å². The van der Waals surface area contributed by atoms with Gasteiger partial charge in [-0.1, -0.05) is 39.3 Å². The molecule has 23 heavy (non-hydrogen) atoms. The fraction of sp³-hybridized carbons (Fsp3) is 0.667. The maximum atomic E-state index is 12.5. The Labute approximate surface area is 144 Å². The molecule has 0 radical (unpaired) electrons. The molecule has 0 atom stereocenters. The van der Waals surface area contributed by atoms with E-state index in [-0.39, 0.29) is 5.97 Å². The van der Waals surface area contributed by atoms with Gasteiger partial charge in [0.15, 0.2) is 0 Å². The van der Waals surface area contributed by atoms with E-state index in [0.29, 0.717) is 34.5 Å². The molecule has 1 aliphatic rings. The van der Waals surface area contributed by atoms with Crippen molar-refractivity contribution in [2.75, 3.05) is 24.6 Å². The molecule has 0 aliphatic carbocycles. The van der Waals surface area contributed by atoms with Gasteiger partial charge >= 0.3 is 5.97 Å². The largest absolute Gasteiger partial charge is 0.462 e. The average Bonchev–Trinajstić information content (AvgIpc) is 2.44. The number of ether oxygens (including phenoxy) is 1. The summed E-state index contributed by atoms with van der Waals surface area (Å²) in [4.78, 5) is 19.1. The SMILES string of the molecule is Cc1cc(Cl)nc(N2CCC(C)(C)CC2)c1C(=O)OCC(C)C. The summed E-state index contributed by atoms with van der Waals surface area (Å²) < 4.78 is 5.43. The molecule has 0 spiro atoms. The number of pyridine rings is 1. The molecule has 1 saturated heterocycles. The molecule has 0 bridgehead atoms. The van der Waals surface area contributed by atoms with E-state index in [1.807, 2.05) is 20.8 Å².